The first-order valence-corrected chi connectivity index (χ1v) is 4.71. The predicted octanol–water partition coefficient (Wildman–Crippen LogP) is 1.38. The molecule has 0 bridgehead atoms. The molecule has 0 saturated heterocycles. The highest BCUT2D eigenvalue weighted by Gasteiger charge is 2.19. The summed E-state index contributed by atoms with van der Waals surface area (Å²) in [6.45, 7) is 2.15. The smallest absolute Gasteiger partial charge is 0.312 e. The molecule has 3 N–H and O–H groups in total. The maximum atomic E-state index is 10.9. The highest BCUT2D eigenvalue weighted by molar-refractivity contribution is 5.77. The number of carboxylic acid groups (broad SMARTS) is 1. The maximum absolute atomic E-state index is 10.9. The van der Waals surface area contributed by atoms with E-state index in [-0.39, 0.29) is 6.54 Å². The van der Waals surface area contributed by atoms with Crippen LogP contribution in [0.4, 0.5) is 0 Å². The van der Waals surface area contributed by atoms with E-state index in [2.05, 4.69) is 0 Å². The summed E-state index contributed by atoms with van der Waals surface area (Å²) < 4.78 is 0. The van der Waals surface area contributed by atoms with Crippen LogP contribution in [-0.4, -0.2) is 17.6 Å². The largest absolute Gasteiger partial charge is 0.481 e. The quantitative estimate of drug-likeness (QED) is 0.759. The molecule has 0 spiro atoms. The van der Waals surface area contributed by atoms with Gasteiger partial charge in [-0.3, -0.25) is 4.79 Å². The lowest BCUT2D eigenvalue weighted by atomic mass is 9.93. The van der Waals surface area contributed by atoms with Gasteiger partial charge in [0.1, 0.15) is 0 Å². The maximum Gasteiger partial charge on any atom is 0.312 e. The number of hydrogen-bond acceptors (Lipinski definition) is 2. The van der Waals surface area contributed by atoms with Crippen molar-refractivity contribution in [1.82, 2.24) is 0 Å². The molecule has 0 aliphatic carbocycles. The lowest BCUT2D eigenvalue weighted by Gasteiger charge is -2.13. The van der Waals surface area contributed by atoms with Crippen LogP contribution in [0, 0.1) is 0 Å². The first kappa shape index (κ1) is 10.7. The van der Waals surface area contributed by atoms with Gasteiger partial charge in [0.25, 0.3) is 0 Å². The molecule has 1 aromatic rings. The second-order valence-electron chi connectivity index (χ2n) is 3.18. The van der Waals surface area contributed by atoms with E-state index in [1.807, 2.05) is 31.2 Å². The molecule has 3 heteroatoms. The van der Waals surface area contributed by atoms with E-state index in [1.165, 1.54) is 0 Å². The Morgan fingerprint density at radius 3 is 2.64 bits per heavy atom. The number of hydrogen-bond donors (Lipinski definition) is 2. The number of nitrogens with two attached hydrogens (primary N) is 1. The van der Waals surface area contributed by atoms with E-state index >= 15 is 0 Å². The predicted molar refractivity (Wildman–Crippen MR) is 55.3 cm³/mol. The SMILES string of the molecule is CCc1ccccc1C(CN)C(=O)O. The van der Waals surface area contributed by atoms with Crippen molar-refractivity contribution in [2.75, 3.05) is 6.54 Å². The molecule has 76 valence electrons. The van der Waals surface area contributed by atoms with Gasteiger partial charge in [-0.1, -0.05) is 31.2 Å². The molecule has 1 rings (SSSR count). The molecular formula is C11H15NO2. The molecule has 0 saturated carbocycles. The lowest BCUT2D eigenvalue weighted by Crippen LogP contribution is -2.22. The van der Waals surface area contributed by atoms with E-state index < -0.39 is 11.9 Å². The molecule has 0 heterocycles. The summed E-state index contributed by atoms with van der Waals surface area (Å²) in [5.41, 5.74) is 7.35. The fourth-order valence-electron chi connectivity index (χ4n) is 1.56. The topological polar surface area (TPSA) is 63.3 Å². The Morgan fingerprint density at radius 2 is 2.14 bits per heavy atom. The van der Waals surface area contributed by atoms with Gasteiger partial charge in [-0.2, -0.15) is 0 Å². The van der Waals surface area contributed by atoms with Crippen LogP contribution in [0.2, 0.25) is 0 Å². The molecule has 0 amide bonds. The van der Waals surface area contributed by atoms with Crippen LogP contribution in [0.3, 0.4) is 0 Å². The number of benzene rings is 1. The minimum Gasteiger partial charge on any atom is -0.481 e. The van der Waals surface area contributed by atoms with E-state index in [0.29, 0.717) is 0 Å². The van der Waals surface area contributed by atoms with Gasteiger partial charge in [-0.05, 0) is 17.5 Å². The lowest BCUT2D eigenvalue weighted by molar-refractivity contribution is -0.138. The Labute approximate surface area is 83.6 Å². The summed E-state index contributed by atoms with van der Waals surface area (Å²) in [5.74, 6) is -1.43. The molecule has 0 radical (unpaired) electrons. The third-order valence-electron chi connectivity index (χ3n) is 2.35. The van der Waals surface area contributed by atoms with Gasteiger partial charge >= 0.3 is 5.97 Å². The molecular weight excluding hydrogens is 178 g/mol. The van der Waals surface area contributed by atoms with Crippen LogP contribution >= 0.6 is 0 Å². The third-order valence-corrected chi connectivity index (χ3v) is 2.35. The van der Waals surface area contributed by atoms with Gasteiger partial charge in [0.05, 0.1) is 5.92 Å². The minimum absolute atomic E-state index is 0.145. The average Bonchev–Trinajstić information content (AvgIpc) is 2.19. The summed E-state index contributed by atoms with van der Waals surface area (Å²) in [6, 6.07) is 7.54. The van der Waals surface area contributed by atoms with Crippen molar-refractivity contribution in [1.29, 1.82) is 0 Å². The van der Waals surface area contributed by atoms with Crippen molar-refractivity contribution in [2.24, 2.45) is 5.73 Å². The van der Waals surface area contributed by atoms with Gasteiger partial charge in [0.15, 0.2) is 0 Å². The number of rotatable bonds is 4. The third kappa shape index (κ3) is 2.12. The Kier molecular flexibility index (Phi) is 3.65. The van der Waals surface area contributed by atoms with Gasteiger partial charge < -0.3 is 10.8 Å². The van der Waals surface area contributed by atoms with Crippen molar-refractivity contribution in [2.45, 2.75) is 19.3 Å². The van der Waals surface area contributed by atoms with Crippen LogP contribution in [0.25, 0.3) is 0 Å². The van der Waals surface area contributed by atoms with Crippen LogP contribution in [0.5, 0.6) is 0 Å². The summed E-state index contributed by atoms with van der Waals surface area (Å²) in [6.07, 6.45) is 0.833. The van der Waals surface area contributed by atoms with Crippen molar-refractivity contribution in [3.8, 4) is 0 Å². The van der Waals surface area contributed by atoms with Crippen LogP contribution in [0.1, 0.15) is 24.0 Å². The van der Waals surface area contributed by atoms with E-state index in [0.717, 1.165) is 17.5 Å². The van der Waals surface area contributed by atoms with Crippen LogP contribution < -0.4 is 5.73 Å². The van der Waals surface area contributed by atoms with Crippen LogP contribution in [-0.2, 0) is 11.2 Å². The van der Waals surface area contributed by atoms with Crippen molar-refractivity contribution in [3.63, 3.8) is 0 Å². The average molecular weight is 193 g/mol. The van der Waals surface area contributed by atoms with E-state index in [9.17, 15) is 4.79 Å². The molecule has 1 aromatic carbocycles. The molecule has 0 aliphatic rings. The van der Waals surface area contributed by atoms with Crippen molar-refractivity contribution >= 4 is 5.97 Å². The first-order valence-electron chi connectivity index (χ1n) is 4.71. The number of aryl methyl sites for hydroxylation is 1. The summed E-state index contributed by atoms with van der Waals surface area (Å²) in [7, 11) is 0. The van der Waals surface area contributed by atoms with E-state index in [1.54, 1.807) is 0 Å². The number of carboxylic acids is 1. The van der Waals surface area contributed by atoms with Gasteiger partial charge in [0.2, 0.25) is 0 Å². The highest BCUT2D eigenvalue weighted by atomic mass is 16.4. The molecule has 3 nitrogen and oxygen atoms in total. The second kappa shape index (κ2) is 4.77. The summed E-state index contributed by atoms with van der Waals surface area (Å²) >= 11 is 0. The zero-order chi connectivity index (χ0) is 10.6. The Hall–Kier alpha value is -1.35. The van der Waals surface area contributed by atoms with Crippen molar-refractivity contribution < 1.29 is 9.90 Å². The molecule has 1 unspecified atom stereocenters. The number of carbonyl (C=O) groups is 1. The van der Waals surface area contributed by atoms with Crippen molar-refractivity contribution in [3.05, 3.63) is 35.4 Å². The molecule has 0 aliphatic heterocycles. The Bertz CT molecular complexity index is 323. The molecule has 0 fully saturated rings. The Morgan fingerprint density at radius 1 is 1.50 bits per heavy atom. The van der Waals surface area contributed by atoms with E-state index in [4.69, 9.17) is 10.8 Å². The minimum atomic E-state index is -0.853. The zero-order valence-corrected chi connectivity index (χ0v) is 8.23. The summed E-state index contributed by atoms with van der Waals surface area (Å²) in [5, 5.41) is 8.97. The fraction of sp³-hybridized carbons (Fsp3) is 0.364. The molecule has 0 aromatic heterocycles. The Balaban J connectivity index is 3.08. The van der Waals surface area contributed by atoms with Gasteiger partial charge in [-0.25, -0.2) is 0 Å². The van der Waals surface area contributed by atoms with Gasteiger partial charge in [0, 0.05) is 6.54 Å². The fourth-order valence-corrected chi connectivity index (χ4v) is 1.56. The standard InChI is InChI=1S/C11H15NO2/c1-2-8-5-3-4-6-9(8)10(7-12)11(13)14/h3-6,10H,2,7,12H2,1H3,(H,13,14). The normalized spacial score (nSPS) is 12.4. The zero-order valence-electron chi connectivity index (χ0n) is 8.23. The molecule has 1 atom stereocenters. The highest BCUT2D eigenvalue weighted by Crippen LogP contribution is 2.19. The second-order valence-corrected chi connectivity index (χ2v) is 3.18. The first-order chi connectivity index (χ1) is 6.70. The number of aliphatic carboxylic acids is 1. The molecule has 14 heavy (non-hydrogen) atoms. The van der Waals surface area contributed by atoms with Crippen LogP contribution in [0.15, 0.2) is 24.3 Å². The monoisotopic (exact) mass is 193 g/mol. The summed E-state index contributed by atoms with van der Waals surface area (Å²) in [4.78, 5) is 10.9. The van der Waals surface area contributed by atoms with Gasteiger partial charge in [-0.15, -0.1) is 0 Å².